The Kier molecular flexibility index (Phi) is 8.79. The lowest BCUT2D eigenvalue weighted by atomic mass is 10.00. The van der Waals surface area contributed by atoms with Crippen molar-refractivity contribution in [1.82, 2.24) is 20.1 Å². The Hall–Kier alpha value is -2.78. The Morgan fingerprint density at radius 1 is 1.12 bits per heavy atom. The molecule has 3 aromatic rings. The predicted molar refractivity (Wildman–Crippen MR) is 134 cm³/mol. The maximum absolute atomic E-state index is 13.0. The molecular formula is C24H28Cl2N4O4. The van der Waals surface area contributed by atoms with Gasteiger partial charge in [-0.25, -0.2) is 4.79 Å². The minimum atomic E-state index is -1.40. The van der Waals surface area contributed by atoms with E-state index in [0.29, 0.717) is 18.1 Å². The summed E-state index contributed by atoms with van der Waals surface area (Å²) in [4.78, 5) is 32.4. The summed E-state index contributed by atoms with van der Waals surface area (Å²) in [6, 6.07) is 15.5. The van der Waals surface area contributed by atoms with Crippen LogP contribution in [-0.2, 0) is 11.2 Å². The van der Waals surface area contributed by atoms with Gasteiger partial charge in [0.1, 0.15) is 0 Å². The first-order chi connectivity index (χ1) is 15.9. The molecule has 0 bridgehead atoms. The molecule has 0 spiro atoms. The molecule has 0 unspecified atom stereocenters. The molecule has 182 valence electrons. The van der Waals surface area contributed by atoms with Gasteiger partial charge in [-0.05, 0) is 37.2 Å². The van der Waals surface area contributed by atoms with Crippen LogP contribution in [0.2, 0.25) is 5.02 Å². The highest BCUT2D eigenvalue weighted by Gasteiger charge is 2.33. The fourth-order valence-corrected chi connectivity index (χ4v) is 4.09. The second kappa shape index (κ2) is 11.6. The molecule has 0 saturated carbocycles. The number of amides is 2. The van der Waals surface area contributed by atoms with Gasteiger partial charge >= 0.3 is 6.09 Å². The molecule has 2 heterocycles. The zero-order chi connectivity index (χ0) is 23.4. The van der Waals surface area contributed by atoms with E-state index < -0.39 is 24.1 Å². The van der Waals surface area contributed by atoms with E-state index in [9.17, 15) is 14.7 Å². The third-order valence-corrected chi connectivity index (χ3v) is 6.05. The maximum Gasteiger partial charge on any atom is 0.414 e. The van der Waals surface area contributed by atoms with Gasteiger partial charge in [0.2, 0.25) is 5.88 Å². The summed E-state index contributed by atoms with van der Waals surface area (Å²) < 4.78 is 5.41. The number of halogens is 2. The van der Waals surface area contributed by atoms with Gasteiger partial charge in [0.05, 0.1) is 6.04 Å². The van der Waals surface area contributed by atoms with Crippen LogP contribution in [0, 0.1) is 0 Å². The topological polar surface area (TPSA) is 97.9 Å². The average molecular weight is 507 g/mol. The largest absolute Gasteiger partial charge is 0.414 e. The van der Waals surface area contributed by atoms with Crippen LogP contribution < -0.4 is 10.1 Å². The Morgan fingerprint density at radius 2 is 1.82 bits per heavy atom. The van der Waals surface area contributed by atoms with Crippen molar-refractivity contribution in [2.45, 2.75) is 18.6 Å². The lowest BCUT2D eigenvalue weighted by Crippen LogP contribution is -2.56. The fraction of sp³-hybridized carbons (Fsp3) is 0.333. The number of carbonyl (C=O) groups is 2. The number of H-pyrrole nitrogens is 1. The number of ether oxygens (including phenoxy) is 1. The standard InChI is InChI=1S/C24H27ClN4O4.ClH/c1-28-9-11-29(12-10-28)23(31)22(30)20(13-16-5-3-2-4-6-16)27-24(32)33-21-15-17-14-18(25)7-8-19(17)26-21;/h2-8,14-15,20,22,26,30H,9-13H2,1H3,(H,27,32);1H/t20-,22+;/m0./s1. The second-order valence-corrected chi connectivity index (χ2v) is 8.71. The van der Waals surface area contributed by atoms with Crippen LogP contribution in [-0.4, -0.2) is 77.3 Å². The van der Waals surface area contributed by atoms with Crippen LogP contribution in [0.1, 0.15) is 5.56 Å². The van der Waals surface area contributed by atoms with E-state index in [2.05, 4.69) is 15.2 Å². The van der Waals surface area contributed by atoms with E-state index in [1.54, 1.807) is 29.2 Å². The van der Waals surface area contributed by atoms with Crippen LogP contribution in [0.25, 0.3) is 10.9 Å². The minimum Gasteiger partial charge on any atom is -0.393 e. The number of rotatable bonds is 6. The molecule has 34 heavy (non-hydrogen) atoms. The van der Waals surface area contributed by atoms with Crippen LogP contribution in [0.5, 0.6) is 5.88 Å². The van der Waals surface area contributed by atoms with Crippen molar-refractivity contribution in [2.75, 3.05) is 33.2 Å². The van der Waals surface area contributed by atoms with Gasteiger partial charge in [-0.15, -0.1) is 12.4 Å². The third-order valence-electron chi connectivity index (χ3n) is 5.81. The van der Waals surface area contributed by atoms with Crippen molar-refractivity contribution in [3.8, 4) is 5.88 Å². The summed E-state index contributed by atoms with van der Waals surface area (Å²) in [7, 11) is 1.99. The van der Waals surface area contributed by atoms with Gasteiger partial charge in [-0.2, -0.15) is 0 Å². The lowest BCUT2D eigenvalue weighted by Gasteiger charge is -2.35. The van der Waals surface area contributed by atoms with Gasteiger partial charge < -0.3 is 29.9 Å². The highest BCUT2D eigenvalue weighted by Crippen LogP contribution is 2.24. The number of aromatic nitrogens is 1. The van der Waals surface area contributed by atoms with Gasteiger partial charge in [0.15, 0.2) is 6.10 Å². The lowest BCUT2D eigenvalue weighted by molar-refractivity contribution is -0.143. The highest BCUT2D eigenvalue weighted by atomic mass is 35.5. The van der Waals surface area contributed by atoms with Crippen LogP contribution in [0.15, 0.2) is 54.6 Å². The Morgan fingerprint density at radius 3 is 2.53 bits per heavy atom. The van der Waals surface area contributed by atoms with Gasteiger partial charge in [0.25, 0.3) is 5.91 Å². The van der Waals surface area contributed by atoms with Crippen molar-refractivity contribution >= 4 is 46.9 Å². The summed E-state index contributed by atoms with van der Waals surface area (Å²) in [6.45, 7) is 2.54. The summed E-state index contributed by atoms with van der Waals surface area (Å²) in [6.07, 6.45) is -1.89. The molecule has 1 aliphatic rings. The predicted octanol–water partition coefficient (Wildman–Crippen LogP) is 3.08. The number of piperazine rings is 1. The van der Waals surface area contributed by atoms with Crippen molar-refractivity contribution in [1.29, 1.82) is 0 Å². The number of hydrogen-bond acceptors (Lipinski definition) is 5. The van der Waals surface area contributed by atoms with Crippen LogP contribution in [0.4, 0.5) is 4.79 Å². The molecule has 1 aromatic heterocycles. The molecule has 0 aliphatic carbocycles. The summed E-state index contributed by atoms with van der Waals surface area (Å²) in [5.41, 5.74) is 1.65. The first-order valence-electron chi connectivity index (χ1n) is 10.8. The molecule has 1 aliphatic heterocycles. The van der Waals surface area contributed by atoms with Crippen molar-refractivity contribution in [3.63, 3.8) is 0 Å². The van der Waals surface area contributed by atoms with E-state index in [4.69, 9.17) is 16.3 Å². The number of fused-ring (bicyclic) bond motifs is 1. The van der Waals surface area contributed by atoms with Crippen molar-refractivity contribution in [3.05, 3.63) is 65.2 Å². The molecule has 1 saturated heterocycles. The van der Waals surface area contributed by atoms with Gasteiger partial charge in [-0.3, -0.25) is 4.79 Å². The monoisotopic (exact) mass is 506 g/mol. The number of nitrogens with one attached hydrogen (secondary N) is 2. The normalized spacial score (nSPS) is 15.9. The summed E-state index contributed by atoms with van der Waals surface area (Å²) in [5, 5.41) is 15.0. The minimum absolute atomic E-state index is 0. The van der Waals surface area contributed by atoms with E-state index in [1.807, 2.05) is 37.4 Å². The molecule has 4 rings (SSSR count). The molecular weight excluding hydrogens is 479 g/mol. The molecule has 1 fully saturated rings. The SMILES string of the molecule is CN1CCN(C(=O)[C@H](O)[C@H](Cc2ccccc2)NC(=O)Oc2cc3cc(Cl)ccc3[nH]2)CC1.Cl. The number of hydrogen-bond donors (Lipinski definition) is 3. The first kappa shape index (κ1) is 25.8. The highest BCUT2D eigenvalue weighted by molar-refractivity contribution is 6.31. The molecule has 2 aromatic carbocycles. The Bertz CT molecular complexity index is 1120. The number of aliphatic hydroxyl groups is 1. The van der Waals surface area contributed by atoms with E-state index in [1.165, 1.54) is 0 Å². The number of carbonyl (C=O) groups excluding carboxylic acids is 2. The number of aliphatic hydroxyl groups excluding tert-OH is 1. The molecule has 2 amide bonds. The van der Waals surface area contributed by atoms with Crippen LogP contribution in [0.3, 0.4) is 0 Å². The van der Waals surface area contributed by atoms with E-state index >= 15 is 0 Å². The molecule has 10 heteroatoms. The van der Waals surface area contributed by atoms with Gasteiger partial charge in [-0.1, -0.05) is 41.9 Å². The van der Waals surface area contributed by atoms with E-state index in [-0.39, 0.29) is 24.7 Å². The zero-order valence-electron chi connectivity index (χ0n) is 18.7. The second-order valence-electron chi connectivity index (χ2n) is 8.27. The first-order valence-corrected chi connectivity index (χ1v) is 11.2. The summed E-state index contributed by atoms with van der Waals surface area (Å²) >= 11 is 6.02. The number of aromatic amines is 1. The van der Waals surface area contributed by atoms with Crippen LogP contribution >= 0.6 is 24.0 Å². The molecule has 8 nitrogen and oxygen atoms in total. The smallest absolute Gasteiger partial charge is 0.393 e. The van der Waals surface area contributed by atoms with Crippen molar-refractivity contribution in [2.24, 2.45) is 0 Å². The average Bonchev–Trinajstić information content (AvgIpc) is 3.20. The maximum atomic E-state index is 13.0. The molecule has 0 radical (unpaired) electrons. The quantitative estimate of drug-likeness (QED) is 0.477. The van der Waals surface area contributed by atoms with Crippen molar-refractivity contribution < 1.29 is 19.4 Å². The number of nitrogens with zero attached hydrogens (tertiary/aromatic N) is 2. The summed E-state index contributed by atoms with van der Waals surface area (Å²) in [5.74, 6) is -0.160. The Balaban J connectivity index is 0.00000324. The van der Waals surface area contributed by atoms with Gasteiger partial charge in [0, 0.05) is 48.2 Å². The number of likely N-dealkylation sites (N-methyl/N-ethyl adjacent to an activating group) is 1. The third kappa shape index (κ3) is 6.42. The zero-order valence-corrected chi connectivity index (χ0v) is 20.3. The fourth-order valence-electron chi connectivity index (χ4n) is 3.91. The molecule has 2 atom stereocenters. The number of benzene rings is 2. The van der Waals surface area contributed by atoms with E-state index in [0.717, 1.165) is 29.6 Å². The molecule has 3 N–H and O–H groups in total. The Labute approximate surface area is 209 Å².